The van der Waals surface area contributed by atoms with Crippen LogP contribution >= 0.6 is 0 Å². The first-order chi connectivity index (χ1) is 10.3. The molecular weight excluding hydrogens is 276 g/mol. The van der Waals surface area contributed by atoms with Crippen molar-refractivity contribution in [1.82, 2.24) is 0 Å². The van der Waals surface area contributed by atoms with Crippen LogP contribution in [0.5, 0.6) is 0 Å². The van der Waals surface area contributed by atoms with Crippen LogP contribution in [-0.4, -0.2) is 55.3 Å². The van der Waals surface area contributed by atoms with Gasteiger partial charge in [-0.1, -0.05) is 30.3 Å². The van der Waals surface area contributed by atoms with Crippen molar-refractivity contribution in [3.63, 3.8) is 0 Å². The Labute approximate surface area is 122 Å². The van der Waals surface area contributed by atoms with Crippen molar-refractivity contribution in [2.45, 2.75) is 49.7 Å². The molecule has 4 bridgehead atoms. The molecule has 0 unspecified atom stereocenters. The highest BCUT2D eigenvalue weighted by Gasteiger charge is 2.62. The van der Waals surface area contributed by atoms with Crippen molar-refractivity contribution in [2.24, 2.45) is 0 Å². The van der Waals surface area contributed by atoms with Crippen LogP contribution < -0.4 is 0 Å². The largest absolute Gasteiger partial charge is 0.387 e. The minimum atomic E-state index is -0.771. The number of methoxy groups -OCH3 is 1. The van der Waals surface area contributed by atoms with Gasteiger partial charge in [0.15, 0.2) is 0 Å². The Kier molecular flexibility index (Phi) is 3.45. The Hall–Kier alpha value is -1.02. The van der Waals surface area contributed by atoms with E-state index in [0.29, 0.717) is 6.61 Å². The zero-order valence-electron chi connectivity index (χ0n) is 11.6. The molecular formula is C15H18O6. The number of aliphatic hydroxyl groups is 1. The number of benzene rings is 1. The molecule has 21 heavy (non-hydrogen) atoms. The van der Waals surface area contributed by atoms with E-state index in [1.165, 1.54) is 0 Å². The van der Waals surface area contributed by atoms with E-state index in [4.69, 9.17) is 23.7 Å². The Morgan fingerprint density at radius 1 is 1.00 bits per heavy atom. The minimum Gasteiger partial charge on any atom is -0.387 e. The average Bonchev–Trinajstić information content (AvgIpc) is 2.52. The lowest BCUT2D eigenvalue weighted by Gasteiger charge is -2.57. The molecule has 6 heteroatoms. The number of rotatable bonds is 4. The van der Waals surface area contributed by atoms with E-state index in [2.05, 4.69) is 0 Å². The van der Waals surface area contributed by atoms with E-state index in [1.54, 1.807) is 7.11 Å². The maximum atomic E-state index is 10.3. The van der Waals surface area contributed by atoms with Gasteiger partial charge in [-0.15, -0.1) is 0 Å². The van der Waals surface area contributed by atoms with Gasteiger partial charge in [-0.3, -0.25) is 0 Å². The van der Waals surface area contributed by atoms with Gasteiger partial charge in [-0.05, 0) is 5.56 Å². The van der Waals surface area contributed by atoms with E-state index in [0.717, 1.165) is 5.56 Å². The molecule has 3 aliphatic heterocycles. The van der Waals surface area contributed by atoms with Crippen molar-refractivity contribution >= 4 is 0 Å². The summed E-state index contributed by atoms with van der Waals surface area (Å²) in [5, 5.41) is 10.3. The Morgan fingerprint density at radius 2 is 1.67 bits per heavy atom. The monoisotopic (exact) mass is 294 g/mol. The molecule has 114 valence electrons. The van der Waals surface area contributed by atoms with Crippen molar-refractivity contribution in [1.29, 1.82) is 0 Å². The van der Waals surface area contributed by atoms with Gasteiger partial charge in [0.05, 0.1) is 6.61 Å². The molecule has 1 N–H and O–H groups in total. The molecule has 5 rings (SSSR count). The van der Waals surface area contributed by atoms with Gasteiger partial charge in [0, 0.05) is 7.11 Å². The number of ether oxygens (including phenoxy) is 5. The predicted octanol–water partition coefficient (Wildman–Crippen LogP) is 0.428. The lowest BCUT2D eigenvalue weighted by molar-refractivity contribution is -0.485. The van der Waals surface area contributed by atoms with Crippen molar-refractivity contribution in [3.05, 3.63) is 35.9 Å². The predicted molar refractivity (Wildman–Crippen MR) is 70.2 cm³/mol. The molecule has 3 heterocycles. The van der Waals surface area contributed by atoms with Crippen LogP contribution in [0.3, 0.4) is 0 Å². The van der Waals surface area contributed by atoms with Gasteiger partial charge in [0.2, 0.25) is 0 Å². The number of hydrogen-bond donors (Lipinski definition) is 1. The first-order valence-electron chi connectivity index (χ1n) is 7.10. The molecule has 1 aliphatic carbocycles. The smallest absolute Gasteiger partial charge is 0.272 e. The number of aliphatic hydroxyl groups excluding tert-OH is 1. The Bertz CT molecular complexity index is 494. The normalized spacial score (nSPS) is 44.2. The highest BCUT2D eigenvalue weighted by Crippen LogP contribution is 2.42. The minimum absolute atomic E-state index is 0.287. The van der Waals surface area contributed by atoms with E-state index < -0.39 is 24.8 Å². The summed E-state index contributed by atoms with van der Waals surface area (Å²) in [5.41, 5.74) is 1.06. The molecule has 7 atom stereocenters. The van der Waals surface area contributed by atoms with Crippen LogP contribution in [0.25, 0.3) is 0 Å². The molecule has 1 saturated carbocycles. The summed E-state index contributed by atoms with van der Waals surface area (Å²) in [6.07, 6.45) is -2.65. The fraction of sp³-hybridized carbons (Fsp3) is 0.600. The lowest BCUT2D eigenvalue weighted by Crippen LogP contribution is -2.75. The van der Waals surface area contributed by atoms with E-state index in [1.807, 2.05) is 30.3 Å². The fourth-order valence-electron chi connectivity index (χ4n) is 3.31. The van der Waals surface area contributed by atoms with Gasteiger partial charge in [0.1, 0.15) is 36.6 Å². The van der Waals surface area contributed by atoms with E-state index in [9.17, 15) is 5.11 Å². The van der Waals surface area contributed by atoms with Crippen LogP contribution in [0.15, 0.2) is 30.3 Å². The van der Waals surface area contributed by atoms with Crippen molar-refractivity contribution in [3.8, 4) is 0 Å². The third kappa shape index (κ3) is 2.19. The van der Waals surface area contributed by atoms with Gasteiger partial charge in [0.25, 0.3) is 6.48 Å². The van der Waals surface area contributed by atoms with Gasteiger partial charge < -0.3 is 28.8 Å². The molecule has 1 aromatic carbocycles. The molecule has 4 aliphatic rings. The molecule has 3 saturated heterocycles. The second-order valence-corrected chi connectivity index (χ2v) is 5.54. The van der Waals surface area contributed by atoms with E-state index in [-0.39, 0.29) is 18.3 Å². The van der Waals surface area contributed by atoms with Crippen LogP contribution in [0.4, 0.5) is 0 Å². The van der Waals surface area contributed by atoms with Gasteiger partial charge in [-0.2, -0.15) is 0 Å². The summed E-state index contributed by atoms with van der Waals surface area (Å²) >= 11 is 0. The van der Waals surface area contributed by atoms with Crippen LogP contribution in [0.2, 0.25) is 0 Å². The molecule has 1 aromatic rings. The van der Waals surface area contributed by atoms with Crippen LogP contribution in [0, 0.1) is 0 Å². The molecule has 0 amide bonds. The topological polar surface area (TPSA) is 66.4 Å². The van der Waals surface area contributed by atoms with Crippen molar-refractivity contribution < 1.29 is 28.8 Å². The Morgan fingerprint density at radius 3 is 2.38 bits per heavy atom. The van der Waals surface area contributed by atoms with Crippen molar-refractivity contribution in [2.75, 3.05) is 7.11 Å². The highest BCUT2D eigenvalue weighted by molar-refractivity contribution is 5.14. The quantitative estimate of drug-likeness (QED) is 0.868. The summed E-state index contributed by atoms with van der Waals surface area (Å²) in [5.74, 6) is 0. The maximum absolute atomic E-state index is 10.3. The molecule has 0 radical (unpaired) electrons. The number of hydrogen-bond acceptors (Lipinski definition) is 6. The summed E-state index contributed by atoms with van der Waals surface area (Å²) in [6, 6.07) is 9.86. The third-order valence-electron chi connectivity index (χ3n) is 4.33. The Balaban J connectivity index is 1.52. The average molecular weight is 294 g/mol. The lowest BCUT2D eigenvalue weighted by atomic mass is 9.82. The van der Waals surface area contributed by atoms with Crippen LogP contribution in [0.1, 0.15) is 5.56 Å². The maximum Gasteiger partial charge on any atom is 0.272 e. The summed E-state index contributed by atoms with van der Waals surface area (Å²) in [6.45, 7) is -0.290. The molecule has 0 aromatic heterocycles. The molecule has 6 nitrogen and oxygen atoms in total. The summed E-state index contributed by atoms with van der Waals surface area (Å²) < 4.78 is 28.1. The third-order valence-corrected chi connectivity index (χ3v) is 4.33. The zero-order valence-corrected chi connectivity index (χ0v) is 11.6. The second kappa shape index (κ2) is 5.31. The molecule has 4 fully saturated rings. The molecule has 0 spiro atoms. The second-order valence-electron chi connectivity index (χ2n) is 5.54. The first kappa shape index (κ1) is 13.6. The SMILES string of the molecule is CO[C@@H]1[C@H]2O[C@H]3O[C@@H]1[C@H](O)[C@@H](O3)[C@H]2OCc1ccccc1. The summed E-state index contributed by atoms with van der Waals surface area (Å²) in [7, 11) is 1.58. The van der Waals surface area contributed by atoms with Crippen LogP contribution in [-0.2, 0) is 30.3 Å². The highest BCUT2D eigenvalue weighted by atomic mass is 16.9. The van der Waals surface area contributed by atoms with Gasteiger partial charge in [-0.25, -0.2) is 0 Å². The summed E-state index contributed by atoms with van der Waals surface area (Å²) in [4.78, 5) is 0. The fourth-order valence-corrected chi connectivity index (χ4v) is 3.31. The zero-order chi connectivity index (χ0) is 14.4. The first-order valence-corrected chi connectivity index (χ1v) is 7.10. The van der Waals surface area contributed by atoms with Gasteiger partial charge >= 0.3 is 0 Å². The standard InChI is InChI=1S/C15H18O6/c1-17-12-10-9(16)11-13(14(12)21-15(19-10)20-11)18-7-8-5-3-2-4-6-8/h2-6,9-16H,7H2,1H3/t9-,10+,11+,12-,13+,14+,15-/m0/s1. The van der Waals surface area contributed by atoms with E-state index >= 15 is 0 Å².